The van der Waals surface area contributed by atoms with Crippen molar-refractivity contribution in [2.75, 3.05) is 13.7 Å². The van der Waals surface area contributed by atoms with Gasteiger partial charge in [-0.05, 0) is 90.5 Å². The Morgan fingerprint density at radius 1 is 1.07 bits per heavy atom. The Kier molecular flexibility index (Phi) is 8.74. The van der Waals surface area contributed by atoms with E-state index >= 15 is 0 Å². The molecule has 0 amide bonds. The lowest BCUT2D eigenvalue weighted by atomic mass is 9.65. The number of esters is 1. The van der Waals surface area contributed by atoms with Gasteiger partial charge in [0.15, 0.2) is 0 Å². The number of carbonyl (C=O) groups excluding carboxylic acids is 1. The summed E-state index contributed by atoms with van der Waals surface area (Å²) in [6.45, 7) is 0.0554. The number of thiol groups is 1. The fourth-order valence-electron chi connectivity index (χ4n) is 5.18. The molecule has 0 aromatic heterocycles. The first-order chi connectivity index (χ1) is 19.5. The first kappa shape index (κ1) is 29.9. The van der Waals surface area contributed by atoms with Gasteiger partial charge in [0.05, 0.1) is 39.1 Å². The Labute approximate surface area is 258 Å². The molecule has 3 aromatic carbocycles. The SMILES string of the molecule is COC(=O)c1cc(F)cc(C2CC(O)(c3ccc(OC/C(C(=N)c4c(Cl)cccc4Cl)=C(/S)C4CC4)cc3Cl)C2)c1. The van der Waals surface area contributed by atoms with Crippen LogP contribution in [-0.4, -0.2) is 30.5 Å². The van der Waals surface area contributed by atoms with Gasteiger partial charge in [-0.25, -0.2) is 9.18 Å². The van der Waals surface area contributed by atoms with Crippen molar-refractivity contribution in [3.63, 3.8) is 0 Å². The van der Waals surface area contributed by atoms with E-state index in [2.05, 4.69) is 0 Å². The van der Waals surface area contributed by atoms with E-state index < -0.39 is 17.4 Å². The summed E-state index contributed by atoms with van der Waals surface area (Å²) in [5.41, 5.74) is 1.23. The van der Waals surface area contributed by atoms with Crippen LogP contribution < -0.4 is 4.74 Å². The Hall–Kier alpha value is -2.55. The summed E-state index contributed by atoms with van der Waals surface area (Å²) in [7, 11) is 1.24. The minimum Gasteiger partial charge on any atom is -0.489 e. The van der Waals surface area contributed by atoms with Crippen LogP contribution in [0.4, 0.5) is 4.39 Å². The number of methoxy groups -OCH3 is 1. The molecule has 0 atom stereocenters. The summed E-state index contributed by atoms with van der Waals surface area (Å²) in [5, 5.41) is 21.2. The summed E-state index contributed by atoms with van der Waals surface area (Å²) in [6, 6.07) is 14.2. The van der Waals surface area contributed by atoms with E-state index in [1.165, 1.54) is 13.2 Å². The van der Waals surface area contributed by atoms with Gasteiger partial charge < -0.3 is 14.6 Å². The summed E-state index contributed by atoms with van der Waals surface area (Å²) < 4.78 is 24.9. The Morgan fingerprint density at radius 2 is 1.76 bits per heavy atom. The van der Waals surface area contributed by atoms with Crippen molar-refractivity contribution in [2.24, 2.45) is 5.92 Å². The predicted molar refractivity (Wildman–Crippen MR) is 163 cm³/mol. The van der Waals surface area contributed by atoms with E-state index in [9.17, 15) is 14.3 Å². The molecule has 2 N–H and O–H groups in total. The van der Waals surface area contributed by atoms with Crippen LogP contribution in [0.3, 0.4) is 0 Å². The highest BCUT2D eigenvalue weighted by Gasteiger charge is 2.46. The Balaban J connectivity index is 1.31. The van der Waals surface area contributed by atoms with Gasteiger partial charge in [0.2, 0.25) is 0 Å². The van der Waals surface area contributed by atoms with Gasteiger partial charge in [-0.1, -0.05) is 46.9 Å². The van der Waals surface area contributed by atoms with E-state index in [0.29, 0.717) is 55.9 Å². The van der Waals surface area contributed by atoms with Crippen molar-refractivity contribution >= 4 is 59.1 Å². The third-order valence-electron chi connectivity index (χ3n) is 7.59. The van der Waals surface area contributed by atoms with Crippen LogP contribution in [0, 0.1) is 17.1 Å². The number of hydrogen-bond donors (Lipinski definition) is 3. The lowest BCUT2D eigenvalue weighted by Crippen LogP contribution is -2.40. The average Bonchev–Trinajstić information content (AvgIpc) is 3.76. The first-order valence-corrected chi connectivity index (χ1v) is 14.6. The van der Waals surface area contributed by atoms with Crippen LogP contribution in [0.25, 0.3) is 0 Å². The second-order valence-corrected chi connectivity index (χ2v) is 12.1. The Bertz CT molecular complexity index is 1550. The van der Waals surface area contributed by atoms with Gasteiger partial charge in [0.1, 0.15) is 18.2 Å². The van der Waals surface area contributed by atoms with Gasteiger partial charge in [0.25, 0.3) is 0 Å². The molecule has 41 heavy (non-hydrogen) atoms. The molecule has 2 saturated carbocycles. The summed E-state index contributed by atoms with van der Waals surface area (Å²) in [5.74, 6) is -0.588. The minimum absolute atomic E-state index is 0.0554. The predicted octanol–water partition coefficient (Wildman–Crippen LogP) is 8.38. The van der Waals surface area contributed by atoms with Crippen molar-refractivity contribution in [1.82, 2.24) is 0 Å². The normalized spacial score (nSPS) is 20.6. The van der Waals surface area contributed by atoms with E-state index in [-0.39, 0.29) is 29.7 Å². The molecule has 10 heteroatoms. The number of nitrogens with one attached hydrogen (secondary N) is 1. The first-order valence-electron chi connectivity index (χ1n) is 13.0. The maximum atomic E-state index is 14.1. The number of aliphatic hydroxyl groups is 1. The average molecular weight is 635 g/mol. The molecule has 5 nitrogen and oxygen atoms in total. The summed E-state index contributed by atoms with van der Waals surface area (Å²) in [6.07, 6.45) is 2.60. The van der Waals surface area contributed by atoms with Crippen LogP contribution >= 0.6 is 47.4 Å². The maximum Gasteiger partial charge on any atom is 0.337 e. The number of hydrogen-bond acceptors (Lipinski definition) is 6. The molecule has 214 valence electrons. The second kappa shape index (κ2) is 12.0. The quantitative estimate of drug-likeness (QED) is 0.126. The third-order valence-corrected chi connectivity index (χ3v) is 9.17. The molecule has 0 spiro atoms. The van der Waals surface area contributed by atoms with Crippen molar-refractivity contribution in [1.29, 1.82) is 5.41 Å². The lowest BCUT2D eigenvalue weighted by molar-refractivity contribution is -0.0549. The standard InChI is InChI=1S/C31H27Cl3FNO4S/c1-39-30(37)18-9-17(10-20(35)11-18)19-13-31(38,14-19)23-8-7-21(12-26(23)34)40-15-22(29(41)16-5-6-16)28(36)27-24(32)3-2-4-25(27)33/h2-4,7-12,16,19,36,38,41H,5-6,13-15H2,1H3/b29-22-,36-28?. The van der Waals surface area contributed by atoms with E-state index in [0.717, 1.165) is 23.8 Å². The van der Waals surface area contributed by atoms with Gasteiger partial charge >= 0.3 is 5.97 Å². The molecule has 5 rings (SSSR count). The highest BCUT2D eigenvalue weighted by molar-refractivity contribution is 7.84. The fraction of sp³-hybridized carbons (Fsp3) is 0.290. The fourth-order valence-corrected chi connectivity index (χ4v) is 6.55. The van der Waals surface area contributed by atoms with Gasteiger partial charge in [-0.2, -0.15) is 0 Å². The molecule has 0 unspecified atom stereocenters. The van der Waals surface area contributed by atoms with E-state index in [1.54, 1.807) is 42.5 Å². The van der Waals surface area contributed by atoms with Crippen LogP contribution in [0.1, 0.15) is 58.6 Å². The largest absolute Gasteiger partial charge is 0.489 e. The number of ether oxygens (including phenoxy) is 2. The molecule has 0 radical (unpaired) electrons. The van der Waals surface area contributed by atoms with Gasteiger partial charge in [0, 0.05) is 16.7 Å². The molecule has 0 bridgehead atoms. The summed E-state index contributed by atoms with van der Waals surface area (Å²) >= 11 is 24.1. The molecule has 0 saturated heterocycles. The van der Waals surface area contributed by atoms with Crippen molar-refractivity contribution in [2.45, 2.75) is 37.2 Å². The zero-order valence-electron chi connectivity index (χ0n) is 22.0. The molecule has 2 aliphatic rings. The molecule has 2 fully saturated rings. The number of allylic oxidation sites excluding steroid dienone is 1. The van der Waals surface area contributed by atoms with Crippen molar-refractivity contribution in [3.8, 4) is 5.75 Å². The molecule has 0 heterocycles. The maximum absolute atomic E-state index is 14.1. The molecular formula is C31H27Cl3FNO4S. The van der Waals surface area contributed by atoms with Crippen LogP contribution in [-0.2, 0) is 10.3 Å². The molecular weight excluding hydrogens is 608 g/mol. The van der Waals surface area contributed by atoms with Crippen molar-refractivity contribution in [3.05, 3.63) is 108 Å². The monoisotopic (exact) mass is 633 g/mol. The smallest absolute Gasteiger partial charge is 0.337 e. The number of carbonyl (C=O) groups is 1. The number of rotatable bonds is 9. The highest BCUT2D eigenvalue weighted by atomic mass is 35.5. The molecule has 3 aromatic rings. The topological polar surface area (TPSA) is 79.6 Å². The molecule has 2 aliphatic carbocycles. The highest BCUT2D eigenvalue weighted by Crippen LogP contribution is 2.53. The number of halogens is 4. The van der Waals surface area contributed by atoms with Crippen LogP contribution in [0.5, 0.6) is 5.75 Å². The zero-order chi connectivity index (χ0) is 29.5. The zero-order valence-corrected chi connectivity index (χ0v) is 25.2. The number of benzene rings is 3. The Morgan fingerprint density at radius 3 is 2.37 bits per heavy atom. The second-order valence-electron chi connectivity index (χ2n) is 10.4. The van der Waals surface area contributed by atoms with Crippen molar-refractivity contribution < 1.29 is 23.8 Å². The van der Waals surface area contributed by atoms with E-state index in [4.69, 9.17) is 62.3 Å². The molecule has 0 aliphatic heterocycles. The van der Waals surface area contributed by atoms with E-state index in [1.807, 2.05) is 0 Å². The summed E-state index contributed by atoms with van der Waals surface area (Å²) in [4.78, 5) is 12.7. The minimum atomic E-state index is -1.21. The van der Waals surface area contributed by atoms with Crippen LogP contribution in [0.2, 0.25) is 15.1 Å². The van der Waals surface area contributed by atoms with Gasteiger partial charge in [-0.15, -0.1) is 12.6 Å². The lowest BCUT2D eigenvalue weighted by Gasteiger charge is -2.44. The van der Waals surface area contributed by atoms with Gasteiger partial charge in [-0.3, -0.25) is 5.41 Å². The third kappa shape index (κ3) is 6.30. The van der Waals surface area contributed by atoms with Crippen LogP contribution in [0.15, 0.2) is 65.1 Å².